The molecule has 2 aromatic rings. The van der Waals surface area contributed by atoms with Crippen LogP contribution in [0.3, 0.4) is 0 Å². The molecule has 0 aliphatic heterocycles. The predicted molar refractivity (Wildman–Crippen MR) is 77.1 cm³/mol. The Morgan fingerprint density at radius 1 is 0.950 bits per heavy atom. The molecule has 106 valence electrons. The summed E-state index contributed by atoms with van der Waals surface area (Å²) in [5.74, 6) is 0. The van der Waals surface area contributed by atoms with Crippen LogP contribution in [0.4, 0.5) is 13.2 Å². The van der Waals surface area contributed by atoms with Gasteiger partial charge in [-0.1, -0.05) is 47.0 Å². The summed E-state index contributed by atoms with van der Waals surface area (Å²) in [4.78, 5) is 2.39. The first-order chi connectivity index (χ1) is 9.20. The highest BCUT2D eigenvalue weighted by Crippen LogP contribution is 2.37. The lowest BCUT2D eigenvalue weighted by molar-refractivity contribution is -0.138. The van der Waals surface area contributed by atoms with E-state index in [1.807, 2.05) is 0 Å². The summed E-state index contributed by atoms with van der Waals surface area (Å²) < 4.78 is 38.1. The molecule has 0 saturated carbocycles. The molecule has 0 aliphatic carbocycles. The van der Waals surface area contributed by atoms with Crippen LogP contribution in [-0.2, 0) is 6.18 Å². The molecule has 20 heavy (non-hydrogen) atoms. The molecular formula is C12H5Cl3F3NS. The second kappa shape index (κ2) is 5.56. The predicted octanol–water partition coefficient (Wildman–Crippen LogP) is 6.39. The summed E-state index contributed by atoms with van der Waals surface area (Å²) in [6.07, 6.45) is -3.21. The largest absolute Gasteiger partial charge is 0.419 e. The molecule has 0 saturated heterocycles. The molecule has 1 N–H and O–H groups in total. The third-order valence-corrected chi connectivity index (χ3v) is 3.90. The Bertz CT molecular complexity index is 725. The van der Waals surface area contributed by atoms with Crippen molar-refractivity contribution in [3.8, 4) is 11.1 Å². The van der Waals surface area contributed by atoms with Gasteiger partial charge in [-0.15, -0.1) is 0 Å². The third-order valence-electron chi connectivity index (χ3n) is 2.53. The Labute approximate surface area is 132 Å². The fraction of sp³-hybridized carbons (Fsp3) is 0.0833. The zero-order valence-corrected chi connectivity index (χ0v) is 12.6. The van der Waals surface area contributed by atoms with E-state index >= 15 is 0 Å². The molecule has 0 spiro atoms. The van der Waals surface area contributed by atoms with Crippen LogP contribution in [0.15, 0.2) is 24.4 Å². The summed E-state index contributed by atoms with van der Waals surface area (Å²) in [5, 5.41) is 0.612. The number of rotatable bonds is 1. The van der Waals surface area contributed by atoms with Gasteiger partial charge in [0.1, 0.15) is 4.64 Å². The van der Waals surface area contributed by atoms with Crippen molar-refractivity contribution in [1.29, 1.82) is 0 Å². The number of hydrogen-bond acceptors (Lipinski definition) is 1. The van der Waals surface area contributed by atoms with Gasteiger partial charge in [-0.2, -0.15) is 13.2 Å². The number of alkyl halides is 3. The van der Waals surface area contributed by atoms with Gasteiger partial charge in [-0.05, 0) is 23.8 Å². The monoisotopic (exact) mass is 357 g/mol. The van der Waals surface area contributed by atoms with E-state index in [0.29, 0.717) is 5.56 Å². The molecule has 0 unspecified atom stereocenters. The summed E-state index contributed by atoms with van der Waals surface area (Å²) in [5.41, 5.74) is -0.389. The van der Waals surface area contributed by atoms with Crippen molar-refractivity contribution in [2.24, 2.45) is 0 Å². The summed E-state index contributed by atoms with van der Waals surface area (Å²) in [6.45, 7) is 0. The van der Waals surface area contributed by atoms with E-state index in [0.717, 1.165) is 6.07 Å². The Balaban J connectivity index is 2.66. The molecule has 1 heterocycles. The molecule has 0 aliphatic rings. The molecule has 1 nitrogen and oxygen atoms in total. The fourth-order valence-electron chi connectivity index (χ4n) is 1.59. The van der Waals surface area contributed by atoms with Crippen molar-refractivity contribution < 1.29 is 13.2 Å². The van der Waals surface area contributed by atoms with E-state index in [1.54, 1.807) is 0 Å². The molecule has 0 bridgehead atoms. The maximum Gasteiger partial charge on any atom is 0.419 e. The van der Waals surface area contributed by atoms with E-state index in [9.17, 15) is 13.2 Å². The fourth-order valence-corrected chi connectivity index (χ4v) is 2.48. The van der Waals surface area contributed by atoms with Crippen LogP contribution in [0.2, 0.25) is 15.1 Å². The molecule has 2 rings (SSSR count). The second-order valence-electron chi connectivity index (χ2n) is 3.88. The lowest BCUT2D eigenvalue weighted by Crippen LogP contribution is -2.07. The van der Waals surface area contributed by atoms with Crippen molar-refractivity contribution in [3.63, 3.8) is 0 Å². The topological polar surface area (TPSA) is 15.8 Å². The number of nitrogens with one attached hydrogen (secondary N) is 1. The molecule has 1 aromatic carbocycles. The van der Waals surface area contributed by atoms with Gasteiger partial charge in [0.15, 0.2) is 0 Å². The van der Waals surface area contributed by atoms with Gasteiger partial charge in [0, 0.05) is 11.8 Å². The Morgan fingerprint density at radius 2 is 1.55 bits per heavy atom. The minimum Gasteiger partial charge on any atom is -0.352 e. The van der Waals surface area contributed by atoms with Crippen LogP contribution in [0, 0.1) is 4.64 Å². The number of benzene rings is 1. The van der Waals surface area contributed by atoms with E-state index in [1.165, 1.54) is 18.3 Å². The summed E-state index contributed by atoms with van der Waals surface area (Å²) in [7, 11) is 0. The maximum absolute atomic E-state index is 12.8. The van der Waals surface area contributed by atoms with Crippen molar-refractivity contribution >= 4 is 47.0 Å². The smallest absolute Gasteiger partial charge is 0.352 e. The van der Waals surface area contributed by atoms with Crippen LogP contribution in [-0.4, -0.2) is 4.98 Å². The first kappa shape index (κ1) is 15.6. The maximum atomic E-state index is 12.8. The van der Waals surface area contributed by atoms with E-state index in [-0.39, 0.29) is 20.6 Å². The molecule has 0 amide bonds. The molecule has 0 atom stereocenters. The quantitative estimate of drug-likeness (QED) is 0.461. The van der Waals surface area contributed by atoms with Crippen molar-refractivity contribution in [1.82, 2.24) is 4.98 Å². The highest BCUT2D eigenvalue weighted by Gasteiger charge is 2.32. The van der Waals surface area contributed by atoms with Gasteiger partial charge in [-0.25, -0.2) is 0 Å². The Hall–Kier alpha value is -0.750. The van der Waals surface area contributed by atoms with Crippen LogP contribution in [0.25, 0.3) is 11.1 Å². The second-order valence-corrected chi connectivity index (χ2v) is 5.50. The van der Waals surface area contributed by atoms with E-state index in [4.69, 9.17) is 34.8 Å². The summed E-state index contributed by atoms with van der Waals surface area (Å²) in [6, 6.07) is 3.69. The number of hydrogen-bond donors (Lipinski definition) is 1. The zero-order valence-electron chi connectivity index (χ0n) is 9.49. The molecular weight excluding hydrogens is 354 g/mol. The first-order valence-corrected chi connectivity index (χ1v) is 6.69. The average Bonchev–Trinajstić information content (AvgIpc) is 2.33. The van der Waals surface area contributed by atoms with Crippen LogP contribution < -0.4 is 0 Å². The zero-order chi connectivity index (χ0) is 15.1. The van der Waals surface area contributed by atoms with Gasteiger partial charge in [0.25, 0.3) is 0 Å². The standard InChI is InChI=1S/C12H5Cl3F3NS/c13-8-3-10(15)9(14)2-6(8)5-1-7(12(16,17)18)11(20)19-4-5/h1-4H,(H,19,20). The number of aromatic amines is 1. The van der Waals surface area contributed by atoms with Crippen molar-refractivity contribution in [2.75, 3.05) is 0 Å². The van der Waals surface area contributed by atoms with E-state index in [2.05, 4.69) is 17.2 Å². The van der Waals surface area contributed by atoms with Crippen LogP contribution in [0.1, 0.15) is 5.56 Å². The molecule has 0 fully saturated rings. The number of pyridine rings is 1. The van der Waals surface area contributed by atoms with Gasteiger partial charge < -0.3 is 4.98 Å². The average molecular weight is 359 g/mol. The number of H-pyrrole nitrogens is 1. The molecule has 0 radical (unpaired) electrons. The minimum atomic E-state index is -4.55. The van der Waals surface area contributed by atoms with Crippen LogP contribution in [0.5, 0.6) is 0 Å². The van der Waals surface area contributed by atoms with Gasteiger partial charge >= 0.3 is 6.18 Å². The van der Waals surface area contributed by atoms with Gasteiger partial charge in [-0.3, -0.25) is 0 Å². The number of halogens is 6. The van der Waals surface area contributed by atoms with Crippen molar-refractivity contribution in [2.45, 2.75) is 6.18 Å². The SMILES string of the molecule is FC(F)(F)c1cc(-c2cc(Cl)c(Cl)cc2Cl)c[nH]c1=S. The lowest BCUT2D eigenvalue weighted by atomic mass is 10.1. The third kappa shape index (κ3) is 3.11. The molecule has 8 heteroatoms. The van der Waals surface area contributed by atoms with Gasteiger partial charge in [0.05, 0.1) is 20.6 Å². The van der Waals surface area contributed by atoms with Crippen LogP contribution >= 0.6 is 47.0 Å². The molecule has 1 aromatic heterocycles. The normalized spacial score (nSPS) is 11.7. The van der Waals surface area contributed by atoms with Gasteiger partial charge in [0.2, 0.25) is 0 Å². The highest BCUT2D eigenvalue weighted by molar-refractivity contribution is 7.71. The Morgan fingerprint density at radius 3 is 2.15 bits per heavy atom. The minimum absolute atomic E-state index is 0.193. The highest BCUT2D eigenvalue weighted by atomic mass is 35.5. The summed E-state index contributed by atoms with van der Waals surface area (Å²) >= 11 is 22.2. The van der Waals surface area contributed by atoms with Crippen molar-refractivity contribution in [3.05, 3.63) is 49.7 Å². The first-order valence-electron chi connectivity index (χ1n) is 5.15. The Kier molecular flexibility index (Phi) is 4.35. The number of aromatic nitrogens is 1. The van der Waals surface area contributed by atoms with E-state index < -0.39 is 16.4 Å². The lowest BCUT2D eigenvalue weighted by Gasteiger charge is -2.11.